The summed E-state index contributed by atoms with van der Waals surface area (Å²) in [4.78, 5) is 27.1. The molecule has 2 aromatic carbocycles. The van der Waals surface area contributed by atoms with Gasteiger partial charge in [-0.25, -0.2) is 4.79 Å². The molecule has 0 radical (unpaired) electrons. The van der Waals surface area contributed by atoms with E-state index in [1.54, 1.807) is 34.1 Å². The van der Waals surface area contributed by atoms with Crippen molar-refractivity contribution in [3.05, 3.63) is 81.2 Å². The summed E-state index contributed by atoms with van der Waals surface area (Å²) in [5.41, 5.74) is 4.20. The topological polar surface area (TPSA) is 73.9 Å². The van der Waals surface area contributed by atoms with Crippen molar-refractivity contribution >= 4 is 23.4 Å². The number of carbonyl (C=O) groups excluding carboxylic acids is 2. The number of ketones is 1. The van der Waals surface area contributed by atoms with Gasteiger partial charge in [0.1, 0.15) is 0 Å². The third-order valence-corrected chi connectivity index (χ3v) is 6.73. The minimum absolute atomic E-state index is 0.0100. The molecule has 1 aliphatic heterocycles. The number of methoxy groups -OCH3 is 2. The minimum Gasteiger partial charge on any atom is -0.493 e. The van der Waals surface area contributed by atoms with Crippen LogP contribution in [0.25, 0.3) is 0 Å². The predicted octanol–water partition coefficient (Wildman–Crippen LogP) is 5.67. The van der Waals surface area contributed by atoms with Gasteiger partial charge in [0.15, 0.2) is 17.3 Å². The van der Waals surface area contributed by atoms with E-state index < -0.39 is 11.9 Å². The summed E-state index contributed by atoms with van der Waals surface area (Å²) in [6.45, 7) is 5.45. The van der Waals surface area contributed by atoms with Gasteiger partial charge in [0.25, 0.3) is 0 Å². The fraction of sp³-hybridized carbons (Fsp3) is 0.357. The van der Waals surface area contributed by atoms with Gasteiger partial charge in [0.2, 0.25) is 0 Å². The van der Waals surface area contributed by atoms with Crippen molar-refractivity contribution in [3.8, 4) is 11.5 Å². The molecule has 184 valence electrons. The molecule has 0 aromatic heterocycles. The highest BCUT2D eigenvalue weighted by Gasteiger charge is 2.43. The van der Waals surface area contributed by atoms with Gasteiger partial charge in [-0.2, -0.15) is 0 Å². The van der Waals surface area contributed by atoms with E-state index in [2.05, 4.69) is 5.32 Å². The maximum absolute atomic E-state index is 13.7. The van der Waals surface area contributed by atoms with Crippen molar-refractivity contribution in [2.75, 3.05) is 14.2 Å². The first-order valence-corrected chi connectivity index (χ1v) is 12.0. The molecule has 6 nitrogen and oxygen atoms in total. The number of ether oxygens (including phenoxy) is 3. The lowest BCUT2D eigenvalue weighted by atomic mass is 9.71. The zero-order valence-corrected chi connectivity index (χ0v) is 21.4. The van der Waals surface area contributed by atoms with Crippen LogP contribution in [0.3, 0.4) is 0 Å². The molecule has 0 saturated carbocycles. The highest BCUT2D eigenvalue weighted by molar-refractivity contribution is 6.30. The highest BCUT2D eigenvalue weighted by Crippen LogP contribution is 2.49. The number of carbonyl (C=O) groups is 2. The van der Waals surface area contributed by atoms with E-state index in [4.69, 9.17) is 25.8 Å². The fourth-order valence-electron chi connectivity index (χ4n) is 5.01. The number of dihydropyridines is 1. The van der Waals surface area contributed by atoms with Crippen LogP contribution in [0, 0.1) is 0 Å². The zero-order chi connectivity index (χ0) is 25.3. The third-order valence-electron chi connectivity index (χ3n) is 6.48. The van der Waals surface area contributed by atoms with Gasteiger partial charge >= 0.3 is 5.97 Å². The zero-order valence-electron chi connectivity index (χ0n) is 20.6. The molecular formula is C28H30ClNO5. The Labute approximate surface area is 210 Å². The van der Waals surface area contributed by atoms with Crippen LogP contribution in [0.4, 0.5) is 0 Å². The Kier molecular flexibility index (Phi) is 7.22. The molecule has 0 bridgehead atoms. The van der Waals surface area contributed by atoms with E-state index in [0.717, 1.165) is 11.3 Å². The van der Waals surface area contributed by atoms with Crippen LogP contribution < -0.4 is 14.8 Å². The Morgan fingerprint density at radius 3 is 2.40 bits per heavy atom. The normalized spacial score (nSPS) is 19.9. The average Bonchev–Trinajstić information content (AvgIpc) is 2.82. The molecule has 0 amide bonds. The number of allylic oxidation sites excluding steroid dienone is 3. The van der Waals surface area contributed by atoms with E-state index in [9.17, 15) is 9.59 Å². The van der Waals surface area contributed by atoms with Gasteiger partial charge in [-0.3, -0.25) is 4.79 Å². The second-order valence-electron chi connectivity index (χ2n) is 9.11. The molecule has 1 N–H and O–H groups in total. The average molecular weight is 496 g/mol. The van der Waals surface area contributed by atoms with Gasteiger partial charge in [0.05, 0.1) is 31.8 Å². The summed E-state index contributed by atoms with van der Waals surface area (Å²) in [7, 11) is 3.12. The monoisotopic (exact) mass is 495 g/mol. The first kappa shape index (κ1) is 24.9. The Morgan fingerprint density at radius 1 is 1.06 bits per heavy atom. The molecule has 1 heterocycles. The molecule has 4 rings (SSSR count). The second-order valence-corrected chi connectivity index (χ2v) is 9.54. The number of halogens is 1. The lowest BCUT2D eigenvalue weighted by Crippen LogP contribution is -2.36. The summed E-state index contributed by atoms with van der Waals surface area (Å²) in [6, 6.07) is 13.1. The first-order valence-electron chi connectivity index (χ1n) is 11.7. The molecule has 1 aliphatic carbocycles. The lowest BCUT2D eigenvalue weighted by Gasteiger charge is -2.37. The Balaban J connectivity index is 1.86. The molecule has 0 saturated heterocycles. The summed E-state index contributed by atoms with van der Waals surface area (Å²) in [6.07, 6.45) is 0.661. The third kappa shape index (κ3) is 4.80. The van der Waals surface area contributed by atoms with Crippen LogP contribution in [0.15, 0.2) is 65.0 Å². The Morgan fingerprint density at radius 2 is 1.77 bits per heavy atom. The van der Waals surface area contributed by atoms with E-state index >= 15 is 0 Å². The van der Waals surface area contributed by atoms with Crippen LogP contribution >= 0.6 is 11.6 Å². The summed E-state index contributed by atoms with van der Waals surface area (Å²) < 4.78 is 16.8. The molecule has 2 aromatic rings. The van der Waals surface area contributed by atoms with E-state index in [1.807, 2.05) is 43.3 Å². The van der Waals surface area contributed by atoms with Crippen molar-refractivity contribution in [3.63, 3.8) is 0 Å². The van der Waals surface area contributed by atoms with Crippen molar-refractivity contribution in [1.29, 1.82) is 0 Å². The fourth-order valence-corrected chi connectivity index (χ4v) is 5.13. The summed E-state index contributed by atoms with van der Waals surface area (Å²) >= 11 is 6.07. The lowest BCUT2D eigenvalue weighted by molar-refractivity contribution is -0.143. The SMILES string of the molecule is COc1cccc([C@H]2C(C(=O)OC(C)C)=C(C)NC3=C2C(=O)C[C@@H](c2ccc(Cl)cc2)C3)c1OC. The maximum atomic E-state index is 13.7. The maximum Gasteiger partial charge on any atom is 0.337 e. The van der Waals surface area contributed by atoms with Crippen LogP contribution in [0.2, 0.25) is 5.02 Å². The van der Waals surface area contributed by atoms with Crippen LogP contribution in [-0.4, -0.2) is 32.1 Å². The van der Waals surface area contributed by atoms with E-state index in [-0.39, 0.29) is 17.8 Å². The number of hydrogen-bond donors (Lipinski definition) is 1. The molecule has 2 atom stereocenters. The molecular weight excluding hydrogens is 466 g/mol. The summed E-state index contributed by atoms with van der Waals surface area (Å²) in [5, 5.41) is 4.03. The van der Waals surface area contributed by atoms with Gasteiger partial charge in [-0.1, -0.05) is 35.9 Å². The number of benzene rings is 2. The van der Waals surface area contributed by atoms with Gasteiger partial charge in [-0.15, -0.1) is 0 Å². The van der Waals surface area contributed by atoms with Crippen LogP contribution in [0.5, 0.6) is 11.5 Å². The van der Waals surface area contributed by atoms with Gasteiger partial charge in [-0.05, 0) is 56.9 Å². The van der Waals surface area contributed by atoms with Crippen molar-refractivity contribution in [2.24, 2.45) is 0 Å². The molecule has 2 aliphatic rings. The smallest absolute Gasteiger partial charge is 0.337 e. The summed E-state index contributed by atoms with van der Waals surface area (Å²) in [5.74, 6) is -0.0849. The largest absolute Gasteiger partial charge is 0.493 e. The number of hydrogen-bond acceptors (Lipinski definition) is 6. The minimum atomic E-state index is -0.638. The quantitative estimate of drug-likeness (QED) is 0.520. The number of Topliss-reactive ketones (excluding diaryl/α,β-unsaturated/α-hetero) is 1. The van der Waals surface area contributed by atoms with Crippen LogP contribution in [-0.2, 0) is 14.3 Å². The molecule has 35 heavy (non-hydrogen) atoms. The highest BCUT2D eigenvalue weighted by atomic mass is 35.5. The predicted molar refractivity (Wildman–Crippen MR) is 135 cm³/mol. The molecule has 0 unspecified atom stereocenters. The Bertz CT molecular complexity index is 1210. The van der Waals surface area contributed by atoms with E-state index in [0.29, 0.717) is 51.8 Å². The van der Waals surface area contributed by atoms with Crippen molar-refractivity contribution in [2.45, 2.75) is 51.6 Å². The number of para-hydroxylation sites is 1. The van der Waals surface area contributed by atoms with E-state index in [1.165, 1.54) is 0 Å². The first-order chi connectivity index (χ1) is 16.7. The van der Waals surface area contributed by atoms with Crippen LogP contribution in [0.1, 0.15) is 56.6 Å². The molecule has 0 spiro atoms. The van der Waals surface area contributed by atoms with Crippen molar-refractivity contribution < 1.29 is 23.8 Å². The molecule has 7 heteroatoms. The number of esters is 1. The second kappa shape index (κ2) is 10.2. The Hall–Kier alpha value is -3.25. The standard InChI is InChI=1S/C28H30ClNO5/c1-15(2)35-28(32)24-16(3)30-21-13-18(17-9-11-19(29)12-10-17)14-22(31)26(21)25(24)20-7-6-8-23(33-4)27(20)34-5/h6-12,15,18,25,30H,13-14H2,1-5H3/t18-,25-/m0/s1. The molecule has 0 fully saturated rings. The van der Waals surface area contributed by atoms with Gasteiger partial charge in [0, 0.05) is 34.0 Å². The van der Waals surface area contributed by atoms with Crippen molar-refractivity contribution in [1.82, 2.24) is 5.32 Å². The number of nitrogens with one attached hydrogen (secondary N) is 1. The number of rotatable bonds is 6. The van der Waals surface area contributed by atoms with Gasteiger partial charge < -0.3 is 19.5 Å².